The average Bonchev–Trinajstić information content (AvgIpc) is 2.80. The molecule has 0 atom stereocenters. The van der Waals surface area contributed by atoms with E-state index in [2.05, 4.69) is 37.9 Å². The van der Waals surface area contributed by atoms with E-state index in [4.69, 9.17) is 4.74 Å². The van der Waals surface area contributed by atoms with E-state index in [1.807, 2.05) is 12.1 Å². The molecule has 0 amide bonds. The summed E-state index contributed by atoms with van der Waals surface area (Å²) in [6.07, 6.45) is 3.80. The molecule has 8 heteroatoms. The lowest BCUT2D eigenvalue weighted by molar-refractivity contribution is 0.221. The van der Waals surface area contributed by atoms with Crippen molar-refractivity contribution in [3.05, 3.63) is 91.4 Å². The zero-order valence-corrected chi connectivity index (χ0v) is 20.1. The predicted molar refractivity (Wildman–Crippen MR) is 126 cm³/mol. The molecule has 4 rings (SSSR count). The van der Waals surface area contributed by atoms with Crippen molar-refractivity contribution in [1.29, 1.82) is 0 Å². The van der Waals surface area contributed by atoms with Crippen LogP contribution in [0.1, 0.15) is 41.8 Å². The van der Waals surface area contributed by atoms with Gasteiger partial charge in [0.1, 0.15) is 28.5 Å². The normalized spacial score (nSPS) is 14.4. The van der Waals surface area contributed by atoms with E-state index in [1.54, 1.807) is 11.5 Å². The van der Waals surface area contributed by atoms with Gasteiger partial charge in [0.2, 0.25) is 5.88 Å². The molecule has 2 aromatic carbocycles. The quantitative estimate of drug-likeness (QED) is 0.431. The summed E-state index contributed by atoms with van der Waals surface area (Å²) in [5.41, 5.74) is 2.15. The summed E-state index contributed by atoms with van der Waals surface area (Å²) in [5, 5.41) is 0. The molecule has 0 spiro atoms. The number of halogens is 3. The lowest BCUT2D eigenvalue weighted by atomic mass is 10.1. The molecule has 0 saturated carbocycles. The van der Waals surface area contributed by atoms with E-state index in [0.717, 1.165) is 37.3 Å². The van der Waals surface area contributed by atoms with Gasteiger partial charge < -0.3 is 4.74 Å². The van der Waals surface area contributed by atoms with Gasteiger partial charge in [-0.25, -0.2) is 8.78 Å². The molecule has 1 aliphatic heterocycles. The zero-order chi connectivity index (χ0) is 23.4. The maximum atomic E-state index is 13.9. The summed E-state index contributed by atoms with van der Waals surface area (Å²) in [7, 11) is 0. The molecular formula is C25H26BrF2N3O2. The first-order valence-corrected chi connectivity index (χ1v) is 11.8. The van der Waals surface area contributed by atoms with Gasteiger partial charge in [-0.05, 0) is 72.0 Å². The second kappa shape index (κ2) is 10.6. The summed E-state index contributed by atoms with van der Waals surface area (Å²) in [6.45, 7) is 5.12. The number of aryl methyl sites for hydroxylation is 1. The highest BCUT2D eigenvalue weighted by molar-refractivity contribution is 9.10. The van der Waals surface area contributed by atoms with Crippen molar-refractivity contribution >= 4 is 15.9 Å². The number of nitrogens with zero attached hydrogens (tertiary/aromatic N) is 3. The van der Waals surface area contributed by atoms with Crippen LogP contribution in [-0.2, 0) is 19.7 Å². The van der Waals surface area contributed by atoms with Crippen molar-refractivity contribution in [2.24, 2.45) is 0 Å². The molecule has 33 heavy (non-hydrogen) atoms. The molecule has 0 radical (unpaired) electrons. The van der Waals surface area contributed by atoms with Crippen molar-refractivity contribution in [2.45, 2.75) is 45.9 Å². The summed E-state index contributed by atoms with van der Waals surface area (Å²) < 4.78 is 34.3. The Morgan fingerprint density at radius 2 is 1.76 bits per heavy atom. The summed E-state index contributed by atoms with van der Waals surface area (Å²) in [5.74, 6) is -0.801. The molecule has 1 aromatic heterocycles. The van der Waals surface area contributed by atoms with E-state index in [9.17, 15) is 13.6 Å². The molecule has 174 valence electrons. The predicted octanol–water partition coefficient (Wildman–Crippen LogP) is 5.21. The van der Waals surface area contributed by atoms with Crippen LogP contribution in [-0.4, -0.2) is 27.5 Å². The van der Waals surface area contributed by atoms with Crippen molar-refractivity contribution in [3.63, 3.8) is 0 Å². The molecule has 0 bridgehead atoms. The minimum atomic E-state index is -0.708. The van der Waals surface area contributed by atoms with Crippen LogP contribution < -0.4 is 10.3 Å². The minimum absolute atomic E-state index is 0.0799. The third kappa shape index (κ3) is 5.86. The molecule has 1 aliphatic rings. The number of rotatable bonds is 7. The fourth-order valence-electron chi connectivity index (χ4n) is 4.06. The van der Waals surface area contributed by atoms with Crippen LogP contribution in [0.2, 0.25) is 0 Å². The number of hydrogen-bond acceptors (Lipinski definition) is 4. The molecule has 3 aromatic rings. The van der Waals surface area contributed by atoms with Gasteiger partial charge in [-0.15, -0.1) is 0 Å². The third-order valence-electron chi connectivity index (χ3n) is 5.84. The first-order chi connectivity index (χ1) is 15.9. The molecule has 1 saturated heterocycles. The van der Waals surface area contributed by atoms with Crippen LogP contribution >= 0.6 is 15.9 Å². The van der Waals surface area contributed by atoms with Crippen LogP contribution in [0.15, 0.2) is 51.7 Å². The van der Waals surface area contributed by atoms with E-state index in [1.165, 1.54) is 30.9 Å². The van der Waals surface area contributed by atoms with E-state index < -0.39 is 11.6 Å². The highest BCUT2D eigenvalue weighted by Crippen LogP contribution is 2.22. The lowest BCUT2D eigenvalue weighted by Crippen LogP contribution is -2.29. The highest BCUT2D eigenvalue weighted by Gasteiger charge is 2.16. The maximum absolute atomic E-state index is 13.9. The zero-order valence-electron chi connectivity index (χ0n) is 18.5. The second-order valence-electron chi connectivity index (χ2n) is 8.35. The third-order valence-corrected chi connectivity index (χ3v) is 6.52. The number of piperidine rings is 1. The van der Waals surface area contributed by atoms with Gasteiger partial charge in [0.25, 0.3) is 5.56 Å². The second-order valence-corrected chi connectivity index (χ2v) is 9.14. The van der Waals surface area contributed by atoms with Crippen molar-refractivity contribution in [2.75, 3.05) is 13.1 Å². The van der Waals surface area contributed by atoms with Crippen molar-refractivity contribution in [3.8, 4) is 5.88 Å². The van der Waals surface area contributed by atoms with Crippen molar-refractivity contribution < 1.29 is 13.5 Å². The number of benzene rings is 2. The molecule has 0 aliphatic carbocycles. The van der Waals surface area contributed by atoms with Gasteiger partial charge in [-0.3, -0.25) is 14.3 Å². The summed E-state index contributed by atoms with van der Waals surface area (Å²) in [4.78, 5) is 19.9. The number of aromatic nitrogens is 2. The Balaban J connectivity index is 1.49. The van der Waals surface area contributed by atoms with Gasteiger partial charge in [-0.2, -0.15) is 4.98 Å². The van der Waals surface area contributed by atoms with Crippen molar-refractivity contribution in [1.82, 2.24) is 14.5 Å². The van der Waals surface area contributed by atoms with Crippen LogP contribution in [0, 0.1) is 18.6 Å². The van der Waals surface area contributed by atoms with Crippen LogP contribution in [0.5, 0.6) is 5.88 Å². The Bertz CT molecular complexity index is 1190. The number of likely N-dealkylation sites (tertiary alicyclic amines) is 1. The number of hydrogen-bond donors (Lipinski definition) is 0. The molecule has 2 heterocycles. The van der Waals surface area contributed by atoms with Crippen LogP contribution in [0.4, 0.5) is 8.78 Å². The Morgan fingerprint density at radius 3 is 2.48 bits per heavy atom. The van der Waals surface area contributed by atoms with Gasteiger partial charge in [0.15, 0.2) is 0 Å². The molecule has 0 N–H and O–H groups in total. The Morgan fingerprint density at radius 1 is 1.03 bits per heavy atom. The van der Waals surface area contributed by atoms with E-state index in [0.29, 0.717) is 12.4 Å². The smallest absolute Gasteiger partial charge is 0.272 e. The minimum Gasteiger partial charge on any atom is -0.472 e. The first-order valence-electron chi connectivity index (χ1n) is 11.0. The molecule has 0 unspecified atom stereocenters. The van der Waals surface area contributed by atoms with Gasteiger partial charge in [-0.1, -0.05) is 30.7 Å². The van der Waals surface area contributed by atoms with Crippen LogP contribution in [0.25, 0.3) is 0 Å². The molecule has 5 nitrogen and oxygen atoms in total. The Hall–Kier alpha value is -2.58. The topological polar surface area (TPSA) is 47.4 Å². The van der Waals surface area contributed by atoms with E-state index >= 15 is 0 Å². The van der Waals surface area contributed by atoms with E-state index in [-0.39, 0.29) is 28.1 Å². The maximum Gasteiger partial charge on any atom is 0.272 e. The fourth-order valence-corrected chi connectivity index (χ4v) is 4.48. The molecule has 1 fully saturated rings. The van der Waals surface area contributed by atoms with Gasteiger partial charge in [0, 0.05) is 18.2 Å². The van der Waals surface area contributed by atoms with Crippen LogP contribution in [0.3, 0.4) is 0 Å². The lowest BCUT2D eigenvalue weighted by Gasteiger charge is -2.26. The highest BCUT2D eigenvalue weighted by atomic mass is 79.9. The van der Waals surface area contributed by atoms with Gasteiger partial charge >= 0.3 is 0 Å². The number of ether oxygens (including phenoxy) is 1. The monoisotopic (exact) mass is 517 g/mol. The SMILES string of the molecule is Cc1nc(OCc2ccc(F)cc2F)c(Br)c(=O)n1Cc1cccc(CN2CCCCC2)c1. The summed E-state index contributed by atoms with van der Waals surface area (Å²) >= 11 is 3.28. The Labute approximate surface area is 200 Å². The summed E-state index contributed by atoms with van der Waals surface area (Å²) in [6, 6.07) is 11.5. The average molecular weight is 518 g/mol. The standard InChI is InChI=1S/C25H26BrF2N3O2/c1-17-29-24(33-16-20-8-9-21(27)13-22(20)28)23(26)25(32)31(17)15-19-7-5-6-18(12-19)14-30-10-3-2-4-11-30/h5-9,12-13H,2-4,10-11,14-16H2,1H3. The van der Waals surface area contributed by atoms with Gasteiger partial charge in [0.05, 0.1) is 6.54 Å². The first kappa shape index (κ1) is 23.6. The fraction of sp³-hybridized carbons (Fsp3) is 0.360. The Kier molecular flexibility index (Phi) is 7.55. The molecular weight excluding hydrogens is 492 g/mol. The largest absolute Gasteiger partial charge is 0.472 e.